The largest absolute Gasteiger partial charge is 0.269 e. The van der Waals surface area contributed by atoms with Gasteiger partial charge in [-0.15, -0.1) is 0 Å². The summed E-state index contributed by atoms with van der Waals surface area (Å²) in [6.07, 6.45) is 3.32. The molecule has 0 aromatic heterocycles. The summed E-state index contributed by atoms with van der Waals surface area (Å²) in [4.78, 5) is 10.7. The molecule has 1 fully saturated rings. The zero-order valence-electron chi connectivity index (χ0n) is 9.37. The van der Waals surface area contributed by atoms with Gasteiger partial charge in [-0.3, -0.25) is 10.1 Å². The molecule has 17 heavy (non-hydrogen) atoms. The van der Waals surface area contributed by atoms with Crippen LogP contribution in [0, 0.1) is 10.1 Å². The van der Waals surface area contributed by atoms with Gasteiger partial charge in [0, 0.05) is 25.2 Å². The van der Waals surface area contributed by atoms with Crippen molar-refractivity contribution in [2.24, 2.45) is 0 Å². The number of hydrogen-bond acceptors (Lipinski definition) is 3. The lowest BCUT2D eigenvalue weighted by molar-refractivity contribution is -0.384. The summed E-state index contributed by atoms with van der Waals surface area (Å²) < 4.78 is 14.1. The SMILES string of the molecule is O=[N+]([O-])c1ccc(S(=O)N2CCCCC2)cc1. The summed E-state index contributed by atoms with van der Waals surface area (Å²) in [6.45, 7) is 1.67. The van der Waals surface area contributed by atoms with E-state index in [4.69, 9.17) is 0 Å². The minimum absolute atomic E-state index is 0.0318. The van der Waals surface area contributed by atoms with E-state index < -0.39 is 15.9 Å². The van der Waals surface area contributed by atoms with Gasteiger partial charge in [-0.05, 0) is 25.0 Å². The molecule has 0 aliphatic carbocycles. The third-order valence-electron chi connectivity index (χ3n) is 2.80. The van der Waals surface area contributed by atoms with Gasteiger partial charge in [-0.1, -0.05) is 6.42 Å². The molecule has 1 atom stereocenters. The predicted molar refractivity (Wildman–Crippen MR) is 64.9 cm³/mol. The van der Waals surface area contributed by atoms with Crippen molar-refractivity contribution in [1.29, 1.82) is 0 Å². The number of nitrogens with zero attached hydrogens (tertiary/aromatic N) is 2. The molecule has 2 rings (SSSR count). The first-order valence-electron chi connectivity index (χ1n) is 5.60. The van der Waals surface area contributed by atoms with Crippen LogP contribution < -0.4 is 0 Å². The second kappa shape index (κ2) is 5.37. The van der Waals surface area contributed by atoms with Crippen molar-refractivity contribution in [3.8, 4) is 0 Å². The van der Waals surface area contributed by atoms with Crippen molar-refractivity contribution in [2.75, 3.05) is 13.1 Å². The Kier molecular flexibility index (Phi) is 3.86. The van der Waals surface area contributed by atoms with Crippen LogP contribution in [0.25, 0.3) is 0 Å². The van der Waals surface area contributed by atoms with Gasteiger partial charge in [0.05, 0.1) is 9.82 Å². The highest BCUT2D eigenvalue weighted by Gasteiger charge is 2.18. The second-order valence-corrected chi connectivity index (χ2v) is 5.48. The average Bonchev–Trinajstić information content (AvgIpc) is 2.39. The van der Waals surface area contributed by atoms with Crippen molar-refractivity contribution in [3.05, 3.63) is 34.4 Å². The highest BCUT2D eigenvalue weighted by molar-refractivity contribution is 7.82. The quantitative estimate of drug-likeness (QED) is 0.613. The van der Waals surface area contributed by atoms with Gasteiger partial charge in [-0.25, -0.2) is 8.51 Å². The van der Waals surface area contributed by atoms with Crippen molar-refractivity contribution >= 4 is 16.7 Å². The monoisotopic (exact) mass is 254 g/mol. The Morgan fingerprint density at radius 3 is 2.24 bits per heavy atom. The fourth-order valence-electron chi connectivity index (χ4n) is 1.86. The van der Waals surface area contributed by atoms with Crippen LogP contribution in [-0.2, 0) is 11.0 Å². The number of nitro benzene ring substituents is 1. The second-order valence-electron chi connectivity index (χ2n) is 3.99. The van der Waals surface area contributed by atoms with Gasteiger partial charge in [-0.2, -0.15) is 0 Å². The molecular formula is C11H14N2O3S. The van der Waals surface area contributed by atoms with E-state index in [0.29, 0.717) is 4.90 Å². The van der Waals surface area contributed by atoms with Gasteiger partial charge in [0.15, 0.2) is 0 Å². The molecule has 0 N–H and O–H groups in total. The minimum Gasteiger partial charge on any atom is -0.258 e. The lowest BCUT2D eigenvalue weighted by Crippen LogP contribution is -2.31. The summed E-state index contributed by atoms with van der Waals surface area (Å²) in [5.74, 6) is 0. The highest BCUT2D eigenvalue weighted by Crippen LogP contribution is 2.19. The first kappa shape index (κ1) is 12.2. The predicted octanol–water partition coefficient (Wildman–Crippen LogP) is 2.10. The van der Waals surface area contributed by atoms with Crippen LogP contribution in [0.1, 0.15) is 19.3 Å². The summed E-state index contributed by atoms with van der Waals surface area (Å²) in [5.41, 5.74) is 0.0318. The Hall–Kier alpha value is -1.27. The van der Waals surface area contributed by atoms with Crippen LogP contribution in [0.4, 0.5) is 5.69 Å². The van der Waals surface area contributed by atoms with Crippen LogP contribution in [0.3, 0.4) is 0 Å². The van der Waals surface area contributed by atoms with Gasteiger partial charge >= 0.3 is 0 Å². The molecule has 1 unspecified atom stereocenters. The molecule has 0 radical (unpaired) electrons. The maximum absolute atomic E-state index is 12.1. The van der Waals surface area contributed by atoms with Crippen molar-refractivity contribution in [2.45, 2.75) is 24.2 Å². The normalized spacial score (nSPS) is 18.8. The van der Waals surface area contributed by atoms with Gasteiger partial charge in [0.25, 0.3) is 5.69 Å². The number of hydrogen-bond donors (Lipinski definition) is 0. The fourth-order valence-corrected chi connectivity index (χ4v) is 3.12. The Labute approximate surface area is 102 Å². The molecule has 1 heterocycles. The van der Waals surface area contributed by atoms with Crippen LogP contribution in [0.5, 0.6) is 0 Å². The molecule has 1 saturated heterocycles. The summed E-state index contributed by atoms with van der Waals surface area (Å²) in [5, 5.41) is 10.5. The van der Waals surface area contributed by atoms with E-state index in [9.17, 15) is 14.3 Å². The Bertz CT molecular complexity index is 427. The first-order valence-corrected chi connectivity index (χ1v) is 6.70. The zero-order chi connectivity index (χ0) is 12.3. The summed E-state index contributed by atoms with van der Waals surface area (Å²) in [6, 6.07) is 5.94. The van der Waals surface area contributed by atoms with E-state index in [1.807, 2.05) is 4.31 Å². The van der Waals surface area contributed by atoms with Gasteiger partial charge < -0.3 is 0 Å². The maximum Gasteiger partial charge on any atom is 0.269 e. The van der Waals surface area contributed by atoms with Crippen LogP contribution in [-0.4, -0.2) is 26.5 Å². The summed E-state index contributed by atoms with van der Waals surface area (Å²) in [7, 11) is -1.18. The molecule has 1 aliphatic rings. The van der Waals surface area contributed by atoms with E-state index >= 15 is 0 Å². The van der Waals surface area contributed by atoms with Gasteiger partial charge in [0.2, 0.25) is 0 Å². The Morgan fingerprint density at radius 2 is 1.71 bits per heavy atom. The molecule has 92 valence electrons. The number of nitro groups is 1. The third-order valence-corrected chi connectivity index (χ3v) is 4.31. The number of non-ortho nitro benzene ring substituents is 1. The van der Waals surface area contributed by atoms with E-state index in [-0.39, 0.29) is 5.69 Å². The van der Waals surface area contributed by atoms with Crippen molar-refractivity contribution < 1.29 is 9.13 Å². The zero-order valence-corrected chi connectivity index (χ0v) is 10.2. The molecule has 1 aromatic rings. The van der Waals surface area contributed by atoms with Crippen molar-refractivity contribution in [3.63, 3.8) is 0 Å². The summed E-state index contributed by atoms with van der Waals surface area (Å²) >= 11 is 0. The Morgan fingerprint density at radius 1 is 1.12 bits per heavy atom. The third kappa shape index (κ3) is 2.89. The van der Waals surface area contributed by atoms with E-state index in [1.54, 1.807) is 12.1 Å². The van der Waals surface area contributed by atoms with Crippen LogP contribution in [0.15, 0.2) is 29.2 Å². The van der Waals surface area contributed by atoms with E-state index in [2.05, 4.69) is 0 Å². The first-order chi connectivity index (χ1) is 8.18. The molecule has 1 aromatic carbocycles. The number of benzene rings is 1. The van der Waals surface area contributed by atoms with Crippen LogP contribution >= 0.6 is 0 Å². The minimum atomic E-state index is -1.18. The molecule has 1 aliphatic heterocycles. The molecular weight excluding hydrogens is 240 g/mol. The average molecular weight is 254 g/mol. The highest BCUT2D eigenvalue weighted by atomic mass is 32.2. The lowest BCUT2D eigenvalue weighted by Gasteiger charge is -2.24. The van der Waals surface area contributed by atoms with Crippen LogP contribution in [0.2, 0.25) is 0 Å². The number of rotatable bonds is 3. The topological polar surface area (TPSA) is 63.5 Å². The van der Waals surface area contributed by atoms with Gasteiger partial charge in [0.1, 0.15) is 11.0 Å². The molecule has 6 heteroatoms. The van der Waals surface area contributed by atoms with Crippen molar-refractivity contribution in [1.82, 2.24) is 4.31 Å². The number of piperidine rings is 1. The fraction of sp³-hybridized carbons (Fsp3) is 0.455. The Balaban J connectivity index is 2.10. The van der Waals surface area contributed by atoms with E-state index in [0.717, 1.165) is 25.9 Å². The lowest BCUT2D eigenvalue weighted by atomic mass is 10.2. The molecule has 0 spiro atoms. The van der Waals surface area contributed by atoms with E-state index in [1.165, 1.54) is 18.6 Å². The maximum atomic E-state index is 12.1. The molecule has 0 amide bonds. The molecule has 0 bridgehead atoms. The smallest absolute Gasteiger partial charge is 0.258 e. The standard InChI is InChI=1S/C11H14N2O3S/c14-13(15)10-4-6-11(7-5-10)17(16)12-8-2-1-3-9-12/h4-7H,1-3,8-9H2. The molecule has 0 saturated carbocycles. The molecule has 5 nitrogen and oxygen atoms in total.